The van der Waals surface area contributed by atoms with Gasteiger partial charge in [0.2, 0.25) is 10.0 Å². The summed E-state index contributed by atoms with van der Waals surface area (Å²) >= 11 is 7.29. The van der Waals surface area contributed by atoms with Gasteiger partial charge in [0.15, 0.2) is 0 Å². The van der Waals surface area contributed by atoms with Gasteiger partial charge in [-0.2, -0.15) is 4.31 Å². The number of hydrogen-bond acceptors (Lipinski definition) is 3. The van der Waals surface area contributed by atoms with Gasteiger partial charge in [-0.05, 0) is 37.1 Å². The molecule has 1 aliphatic rings. The Morgan fingerprint density at radius 2 is 2.17 bits per heavy atom. The van der Waals surface area contributed by atoms with Gasteiger partial charge in [-0.15, -0.1) is 22.9 Å². The second-order valence-electron chi connectivity index (χ2n) is 4.65. The van der Waals surface area contributed by atoms with E-state index in [1.54, 1.807) is 4.31 Å². The summed E-state index contributed by atoms with van der Waals surface area (Å²) in [5.74, 6) is 0.262. The maximum Gasteiger partial charge on any atom is 0.244 e. The van der Waals surface area contributed by atoms with Crippen LogP contribution in [0.1, 0.15) is 36.6 Å². The Morgan fingerprint density at radius 1 is 1.50 bits per heavy atom. The number of halogens is 1. The van der Waals surface area contributed by atoms with Gasteiger partial charge in [0, 0.05) is 17.5 Å². The molecule has 0 aliphatic heterocycles. The summed E-state index contributed by atoms with van der Waals surface area (Å²) in [6, 6.07) is 0.206. The molecule has 1 saturated carbocycles. The molecule has 3 nitrogen and oxygen atoms in total. The molecule has 0 spiro atoms. The van der Waals surface area contributed by atoms with Crippen LogP contribution in [0.4, 0.5) is 0 Å². The topological polar surface area (TPSA) is 37.4 Å². The van der Waals surface area contributed by atoms with Gasteiger partial charge in [-0.25, -0.2) is 8.42 Å². The second kappa shape index (κ2) is 5.49. The number of thiophene rings is 1. The Kier molecular flexibility index (Phi) is 4.36. The summed E-state index contributed by atoms with van der Waals surface area (Å²) in [6.45, 7) is 4.45. The van der Waals surface area contributed by atoms with Crippen LogP contribution in [-0.4, -0.2) is 25.3 Å². The van der Waals surface area contributed by atoms with Crippen LogP contribution in [0, 0.1) is 6.92 Å². The van der Waals surface area contributed by atoms with Crippen molar-refractivity contribution in [3.05, 3.63) is 15.8 Å². The predicted molar refractivity (Wildman–Crippen MR) is 75.8 cm³/mol. The Bertz CT molecular complexity index is 520. The summed E-state index contributed by atoms with van der Waals surface area (Å²) in [6.07, 6.45) is 2.81. The SMILES string of the molecule is CCCN(C1CC1)S(=O)(=O)c1c(C)csc1CCl. The first kappa shape index (κ1) is 14.3. The molecule has 1 fully saturated rings. The lowest BCUT2D eigenvalue weighted by Crippen LogP contribution is -2.34. The van der Waals surface area contributed by atoms with E-state index in [0.29, 0.717) is 11.4 Å². The first-order valence-corrected chi connectivity index (χ1v) is 9.02. The Labute approximate surface area is 118 Å². The van der Waals surface area contributed by atoms with Crippen LogP contribution in [0.5, 0.6) is 0 Å². The Morgan fingerprint density at radius 3 is 2.67 bits per heavy atom. The molecule has 1 aromatic heterocycles. The third-order valence-corrected chi connectivity index (χ3v) is 6.92. The predicted octanol–water partition coefficient (Wildman–Crippen LogP) is 3.36. The van der Waals surface area contributed by atoms with E-state index < -0.39 is 10.0 Å². The first-order valence-electron chi connectivity index (χ1n) is 6.17. The molecule has 18 heavy (non-hydrogen) atoms. The Balaban J connectivity index is 2.42. The molecule has 0 saturated heterocycles. The van der Waals surface area contributed by atoms with Gasteiger partial charge >= 0.3 is 0 Å². The van der Waals surface area contributed by atoms with Crippen molar-refractivity contribution in [2.24, 2.45) is 0 Å². The zero-order valence-corrected chi connectivity index (χ0v) is 13.0. The van der Waals surface area contributed by atoms with Gasteiger partial charge in [0.1, 0.15) is 4.90 Å². The van der Waals surface area contributed by atoms with E-state index in [9.17, 15) is 8.42 Å². The molecule has 2 rings (SSSR count). The highest BCUT2D eigenvalue weighted by Gasteiger charge is 2.39. The van der Waals surface area contributed by atoms with E-state index in [4.69, 9.17) is 11.6 Å². The minimum Gasteiger partial charge on any atom is -0.207 e. The molecule has 0 unspecified atom stereocenters. The molecule has 1 aromatic rings. The maximum absolute atomic E-state index is 12.7. The number of nitrogens with zero attached hydrogens (tertiary/aromatic N) is 1. The molecule has 0 bridgehead atoms. The van der Waals surface area contributed by atoms with Gasteiger partial charge in [-0.1, -0.05) is 6.92 Å². The average Bonchev–Trinajstić information content (AvgIpc) is 3.08. The molecule has 0 N–H and O–H groups in total. The fourth-order valence-electron chi connectivity index (χ4n) is 2.13. The van der Waals surface area contributed by atoms with Crippen LogP contribution in [-0.2, 0) is 15.9 Å². The zero-order chi connectivity index (χ0) is 13.3. The van der Waals surface area contributed by atoms with Gasteiger partial charge in [-0.3, -0.25) is 0 Å². The van der Waals surface area contributed by atoms with E-state index in [1.165, 1.54) is 11.3 Å². The lowest BCUT2D eigenvalue weighted by Gasteiger charge is -2.21. The molecule has 6 heteroatoms. The molecule has 0 aromatic carbocycles. The van der Waals surface area contributed by atoms with Crippen molar-refractivity contribution in [2.75, 3.05) is 6.54 Å². The van der Waals surface area contributed by atoms with E-state index in [1.807, 2.05) is 19.2 Å². The van der Waals surface area contributed by atoms with Crippen LogP contribution in [0.15, 0.2) is 10.3 Å². The molecular weight excluding hydrogens is 290 g/mol. The molecule has 1 aliphatic carbocycles. The molecule has 0 amide bonds. The molecule has 1 heterocycles. The highest BCUT2D eigenvalue weighted by atomic mass is 35.5. The number of aryl methyl sites for hydroxylation is 1. The van der Waals surface area contributed by atoms with Crippen molar-refractivity contribution in [1.29, 1.82) is 0 Å². The van der Waals surface area contributed by atoms with E-state index in [-0.39, 0.29) is 11.9 Å². The van der Waals surface area contributed by atoms with Crippen molar-refractivity contribution in [3.8, 4) is 0 Å². The number of hydrogen-bond donors (Lipinski definition) is 0. The zero-order valence-electron chi connectivity index (χ0n) is 10.6. The van der Waals surface area contributed by atoms with Crippen LogP contribution < -0.4 is 0 Å². The van der Waals surface area contributed by atoms with Gasteiger partial charge in [0.05, 0.1) is 5.88 Å². The normalized spacial score (nSPS) is 16.4. The maximum atomic E-state index is 12.7. The van der Waals surface area contributed by atoms with Crippen molar-refractivity contribution >= 4 is 33.0 Å². The molecule has 0 atom stereocenters. The van der Waals surface area contributed by atoms with Crippen molar-refractivity contribution in [1.82, 2.24) is 4.31 Å². The smallest absolute Gasteiger partial charge is 0.207 e. The van der Waals surface area contributed by atoms with Crippen LogP contribution in [0.2, 0.25) is 0 Å². The van der Waals surface area contributed by atoms with Crippen molar-refractivity contribution < 1.29 is 8.42 Å². The van der Waals surface area contributed by atoms with E-state index >= 15 is 0 Å². The summed E-state index contributed by atoms with van der Waals surface area (Å²) in [5.41, 5.74) is 0.817. The lowest BCUT2D eigenvalue weighted by atomic mass is 10.3. The van der Waals surface area contributed by atoms with Crippen molar-refractivity contribution in [2.45, 2.75) is 49.9 Å². The number of rotatable bonds is 6. The highest BCUT2D eigenvalue weighted by Crippen LogP contribution is 2.36. The monoisotopic (exact) mass is 307 g/mol. The number of alkyl halides is 1. The van der Waals surface area contributed by atoms with Gasteiger partial charge < -0.3 is 0 Å². The molecular formula is C12H18ClNO2S2. The average molecular weight is 308 g/mol. The molecule has 102 valence electrons. The largest absolute Gasteiger partial charge is 0.244 e. The fraction of sp³-hybridized carbons (Fsp3) is 0.667. The first-order chi connectivity index (χ1) is 8.52. The lowest BCUT2D eigenvalue weighted by molar-refractivity contribution is 0.403. The van der Waals surface area contributed by atoms with E-state index in [2.05, 4.69) is 0 Å². The second-order valence-corrected chi connectivity index (χ2v) is 7.71. The fourth-order valence-corrected chi connectivity index (χ4v) is 5.92. The van der Waals surface area contributed by atoms with Gasteiger partial charge in [0.25, 0.3) is 0 Å². The minimum atomic E-state index is -3.37. The quantitative estimate of drug-likeness (QED) is 0.756. The molecule has 0 radical (unpaired) electrons. The summed E-state index contributed by atoms with van der Waals surface area (Å²) in [5, 5.41) is 1.88. The van der Waals surface area contributed by atoms with Crippen LogP contribution in [0.25, 0.3) is 0 Å². The summed E-state index contributed by atoms with van der Waals surface area (Å²) < 4.78 is 27.1. The Hall–Kier alpha value is -0.100. The summed E-state index contributed by atoms with van der Waals surface area (Å²) in [7, 11) is -3.37. The van der Waals surface area contributed by atoms with Crippen molar-refractivity contribution in [3.63, 3.8) is 0 Å². The van der Waals surface area contributed by atoms with E-state index in [0.717, 1.165) is 29.7 Å². The third kappa shape index (κ3) is 2.59. The minimum absolute atomic E-state index is 0.206. The standard InChI is InChI=1S/C12H18ClNO2S2/c1-3-6-14(10-4-5-10)18(15,16)12-9(2)8-17-11(12)7-13/h8,10H,3-7H2,1-2H3. The summed E-state index contributed by atoms with van der Waals surface area (Å²) in [4.78, 5) is 1.21. The highest BCUT2D eigenvalue weighted by molar-refractivity contribution is 7.89. The number of sulfonamides is 1. The third-order valence-electron chi connectivity index (χ3n) is 3.08. The van der Waals surface area contributed by atoms with Crippen LogP contribution >= 0.6 is 22.9 Å². The van der Waals surface area contributed by atoms with Crippen LogP contribution in [0.3, 0.4) is 0 Å².